The molecule has 1 nitrogen and oxygen atoms in total. The maximum atomic E-state index is 3.68. The van der Waals surface area contributed by atoms with Crippen LogP contribution in [0.25, 0.3) is 0 Å². The molecule has 1 unspecified atom stereocenters. The molecule has 0 bridgehead atoms. The van der Waals surface area contributed by atoms with Gasteiger partial charge in [-0.2, -0.15) is 0 Å². The first kappa shape index (κ1) is 11.0. The Balaban J connectivity index is 2.27. The van der Waals surface area contributed by atoms with Gasteiger partial charge in [-0.3, -0.25) is 5.32 Å². The zero-order valence-corrected chi connectivity index (χ0v) is 10.7. The van der Waals surface area contributed by atoms with Crippen LogP contribution in [-0.4, -0.2) is 11.3 Å². The summed E-state index contributed by atoms with van der Waals surface area (Å²) in [6, 6.07) is 6.71. The zero-order valence-electron chi connectivity index (χ0n) is 9.92. The van der Waals surface area contributed by atoms with Crippen molar-refractivity contribution in [3.05, 3.63) is 34.9 Å². The highest BCUT2D eigenvalue weighted by atomic mass is 32.2. The van der Waals surface area contributed by atoms with Gasteiger partial charge in [0.1, 0.15) is 0 Å². The van der Waals surface area contributed by atoms with E-state index in [1.54, 1.807) is 0 Å². The molecule has 2 heteroatoms. The molecule has 2 rings (SSSR count). The van der Waals surface area contributed by atoms with Crippen LogP contribution in [0.1, 0.15) is 35.9 Å². The summed E-state index contributed by atoms with van der Waals surface area (Å²) in [5.41, 5.74) is 4.46. The van der Waals surface area contributed by atoms with Crippen molar-refractivity contribution >= 4 is 11.8 Å². The second kappa shape index (κ2) is 3.84. The number of nitrogens with one attached hydrogen (secondary N) is 1. The molecule has 1 aromatic rings. The first-order valence-corrected chi connectivity index (χ1v) is 6.49. The van der Waals surface area contributed by atoms with Crippen molar-refractivity contribution in [1.82, 2.24) is 5.32 Å². The lowest BCUT2D eigenvalue weighted by Gasteiger charge is -2.20. The van der Waals surface area contributed by atoms with Crippen molar-refractivity contribution in [3.63, 3.8) is 0 Å². The van der Waals surface area contributed by atoms with E-state index in [0.717, 1.165) is 0 Å². The largest absolute Gasteiger partial charge is 0.296 e. The number of hydrogen-bond acceptors (Lipinski definition) is 2. The molecule has 82 valence electrons. The van der Waals surface area contributed by atoms with E-state index in [0.29, 0.717) is 5.37 Å². The van der Waals surface area contributed by atoms with Crippen LogP contribution < -0.4 is 5.32 Å². The molecular weight excluding hydrogens is 202 g/mol. The van der Waals surface area contributed by atoms with Crippen LogP contribution in [0.2, 0.25) is 0 Å². The van der Waals surface area contributed by atoms with Crippen molar-refractivity contribution in [2.75, 3.05) is 5.75 Å². The molecule has 15 heavy (non-hydrogen) atoms. The van der Waals surface area contributed by atoms with Crippen LogP contribution in [0.15, 0.2) is 18.2 Å². The van der Waals surface area contributed by atoms with Crippen molar-refractivity contribution < 1.29 is 0 Å². The lowest BCUT2D eigenvalue weighted by atomic mass is 10.0. The van der Waals surface area contributed by atoms with Crippen LogP contribution in [-0.2, 0) is 0 Å². The summed E-state index contributed by atoms with van der Waals surface area (Å²) in [4.78, 5) is 0. The standard InChI is InChI=1S/C13H19NS/c1-9-5-6-10(2)11(7-9)12-14-13(3,4)8-15-12/h5-7,12,14H,8H2,1-4H3. The van der Waals surface area contributed by atoms with Crippen LogP contribution >= 0.6 is 11.8 Å². The van der Waals surface area contributed by atoms with E-state index in [4.69, 9.17) is 0 Å². The van der Waals surface area contributed by atoms with E-state index >= 15 is 0 Å². The maximum absolute atomic E-state index is 3.68. The highest BCUT2D eigenvalue weighted by Gasteiger charge is 2.31. The van der Waals surface area contributed by atoms with Gasteiger partial charge in [0.2, 0.25) is 0 Å². The van der Waals surface area contributed by atoms with Crippen molar-refractivity contribution in [2.45, 2.75) is 38.6 Å². The third-order valence-corrected chi connectivity index (χ3v) is 4.44. The maximum Gasteiger partial charge on any atom is 0.0797 e. The third-order valence-electron chi connectivity index (χ3n) is 2.85. The number of thioether (sulfide) groups is 1. The van der Waals surface area contributed by atoms with Crippen LogP contribution in [0.4, 0.5) is 0 Å². The van der Waals surface area contributed by atoms with E-state index in [2.05, 4.69) is 51.2 Å². The quantitative estimate of drug-likeness (QED) is 0.780. The van der Waals surface area contributed by atoms with Crippen molar-refractivity contribution in [1.29, 1.82) is 0 Å². The highest BCUT2D eigenvalue weighted by Crippen LogP contribution is 2.38. The Morgan fingerprint density at radius 1 is 1.33 bits per heavy atom. The molecule has 1 N–H and O–H groups in total. The van der Waals surface area contributed by atoms with Gasteiger partial charge in [0.25, 0.3) is 0 Å². The fraction of sp³-hybridized carbons (Fsp3) is 0.538. The topological polar surface area (TPSA) is 12.0 Å². The Hall–Kier alpha value is -0.470. The van der Waals surface area contributed by atoms with Gasteiger partial charge in [-0.25, -0.2) is 0 Å². The van der Waals surface area contributed by atoms with E-state index in [-0.39, 0.29) is 5.54 Å². The fourth-order valence-corrected chi connectivity index (χ4v) is 3.44. The fourth-order valence-electron chi connectivity index (χ4n) is 1.94. The Labute approximate surface area is 96.7 Å². The van der Waals surface area contributed by atoms with Gasteiger partial charge in [0, 0.05) is 11.3 Å². The molecule has 1 heterocycles. The molecule has 0 radical (unpaired) electrons. The minimum atomic E-state index is 0.269. The van der Waals surface area contributed by atoms with E-state index < -0.39 is 0 Å². The highest BCUT2D eigenvalue weighted by molar-refractivity contribution is 7.99. The first-order chi connectivity index (χ1) is 6.98. The van der Waals surface area contributed by atoms with Gasteiger partial charge in [0.15, 0.2) is 0 Å². The van der Waals surface area contributed by atoms with Gasteiger partial charge >= 0.3 is 0 Å². The van der Waals surface area contributed by atoms with Gasteiger partial charge in [-0.05, 0) is 38.8 Å². The molecule has 1 atom stereocenters. The number of benzene rings is 1. The normalized spacial score (nSPS) is 24.4. The monoisotopic (exact) mass is 221 g/mol. The van der Waals surface area contributed by atoms with Gasteiger partial charge in [-0.15, -0.1) is 11.8 Å². The summed E-state index contributed by atoms with van der Waals surface area (Å²) >= 11 is 2.01. The molecule has 0 amide bonds. The predicted octanol–water partition coefficient (Wildman–Crippen LogP) is 3.42. The van der Waals surface area contributed by atoms with E-state index in [1.165, 1.54) is 22.4 Å². The second-order valence-electron chi connectivity index (χ2n) is 5.08. The van der Waals surface area contributed by atoms with Crippen molar-refractivity contribution in [2.24, 2.45) is 0 Å². The van der Waals surface area contributed by atoms with Gasteiger partial charge < -0.3 is 0 Å². The average Bonchev–Trinajstić information content (AvgIpc) is 2.50. The Kier molecular flexibility index (Phi) is 2.82. The Morgan fingerprint density at radius 2 is 2.07 bits per heavy atom. The smallest absolute Gasteiger partial charge is 0.0797 e. The molecule has 0 saturated carbocycles. The summed E-state index contributed by atoms with van der Waals surface area (Å²) in [6.07, 6.45) is 0. The molecule has 1 aliphatic rings. The van der Waals surface area contributed by atoms with Crippen LogP contribution in [0, 0.1) is 13.8 Å². The molecule has 0 spiro atoms. The number of aryl methyl sites for hydroxylation is 2. The average molecular weight is 221 g/mol. The molecule has 0 aromatic heterocycles. The van der Waals surface area contributed by atoms with Crippen LogP contribution in [0.3, 0.4) is 0 Å². The number of rotatable bonds is 1. The van der Waals surface area contributed by atoms with E-state index in [9.17, 15) is 0 Å². The number of hydrogen-bond donors (Lipinski definition) is 1. The Bertz CT molecular complexity index is 371. The predicted molar refractivity (Wildman–Crippen MR) is 68.3 cm³/mol. The SMILES string of the molecule is Cc1ccc(C)c(C2NC(C)(C)CS2)c1. The molecule has 1 fully saturated rings. The van der Waals surface area contributed by atoms with E-state index in [1.807, 2.05) is 11.8 Å². The summed E-state index contributed by atoms with van der Waals surface area (Å²) in [5, 5.41) is 4.15. The lowest BCUT2D eigenvalue weighted by Crippen LogP contribution is -2.36. The summed E-state index contributed by atoms with van der Waals surface area (Å²) in [6.45, 7) is 8.90. The molecule has 0 aliphatic carbocycles. The van der Waals surface area contributed by atoms with Gasteiger partial charge in [-0.1, -0.05) is 23.8 Å². The third kappa shape index (κ3) is 2.37. The van der Waals surface area contributed by atoms with Gasteiger partial charge in [0.05, 0.1) is 5.37 Å². The minimum absolute atomic E-state index is 0.269. The summed E-state index contributed by atoms with van der Waals surface area (Å²) in [5.74, 6) is 1.19. The summed E-state index contributed by atoms with van der Waals surface area (Å²) < 4.78 is 0. The molecule has 1 saturated heterocycles. The zero-order chi connectivity index (χ0) is 11.1. The second-order valence-corrected chi connectivity index (χ2v) is 6.17. The molecular formula is C13H19NS. The molecule has 1 aliphatic heterocycles. The van der Waals surface area contributed by atoms with Crippen LogP contribution in [0.5, 0.6) is 0 Å². The minimum Gasteiger partial charge on any atom is -0.296 e. The first-order valence-electron chi connectivity index (χ1n) is 5.44. The van der Waals surface area contributed by atoms with Crippen molar-refractivity contribution in [3.8, 4) is 0 Å². The molecule has 1 aromatic carbocycles. The Morgan fingerprint density at radius 3 is 2.67 bits per heavy atom. The summed E-state index contributed by atoms with van der Waals surface area (Å²) in [7, 11) is 0. The lowest BCUT2D eigenvalue weighted by molar-refractivity contribution is 0.451.